The molecular weight excluding hydrogens is 222 g/mol. The summed E-state index contributed by atoms with van der Waals surface area (Å²) < 4.78 is 10.4. The Labute approximate surface area is 97.6 Å². The first-order chi connectivity index (χ1) is 8.15. The average molecular weight is 233 g/mol. The Morgan fingerprint density at radius 1 is 1.53 bits per heavy atom. The van der Waals surface area contributed by atoms with Crippen molar-refractivity contribution in [1.29, 1.82) is 0 Å². The van der Waals surface area contributed by atoms with Gasteiger partial charge in [0.1, 0.15) is 11.9 Å². The molecule has 0 radical (unpaired) electrons. The van der Waals surface area contributed by atoms with Crippen molar-refractivity contribution in [2.45, 2.75) is 13.3 Å². The van der Waals surface area contributed by atoms with Crippen molar-refractivity contribution < 1.29 is 19.2 Å². The Hall–Kier alpha value is -2.30. The van der Waals surface area contributed by atoms with Crippen LogP contribution in [0.5, 0.6) is 11.5 Å². The standard InChI is InChI=1S/C12H11NO4/c1-8-11(7-13-17-8)16-10-4-2-3-9(5-10)6-12(14)15/h2-5,7H,6H2,1H3,(H,14,15). The molecule has 5 nitrogen and oxygen atoms in total. The van der Waals surface area contributed by atoms with Crippen molar-refractivity contribution in [3.8, 4) is 11.5 Å². The van der Waals surface area contributed by atoms with Gasteiger partial charge in [0, 0.05) is 6.92 Å². The Bertz CT molecular complexity index is 533. The van der Waals surface area contributed by atoms with Gasteiger partial charge in [0.15, 0.2) is 11.5 Å². The molecule has 0 bridgehead atoms. The van der Waals surface area contributed by atoms with Crippen molar-refractivity contribution in [2.24, 2.45) is 0 Å². The number of carboxylic acids is 1. The SMILES string of the molecule is Cc1oncc1Oc1cccc(CC(=O)O)c1. The molecule has 2 aromatic rings. The number of hydrogen-bond donors (Lipinski definition) is 1. The van der Waals surface area contributed by atoms with Crippen LogP contribution in [0.4, 0.5) is 0 Å². The predicted octanol–water partition coefficient (Wildman–Crippen LogP) is 2.40. The molecule has 17 heavy (non-hydrogen) atoms. The minimum atomic E-state index is -0.872. The van der Waals surface area contributed by atoms with Gasteiger partial charge in [-0.2, -0.15) is 0 Å². The van der Waals surface area contributed by atoms with Crippen LogP contribution in [0.2, 0.25) is 0 Å². The molecule has 0 aliphatic carbocycles. The quantitative estimate of drug-likeness (QED) is 0.877. The zero-order chi connectivity index (χ0) is 12.3. The van der Waals surface area contributed by atoms with E-state index < -0.39 is 5.97 Å². The summed E-state index contributed by atoms with van der Waals surface area (Å²) in [7, 11) is 0. The van der Waals surface area contributed by atoms with Crippen LogP contribution < -0.4 is 4.74 Å². The van der Waals surface area contributed by atoms with E-state index >= 15 is 0 Å². The number of carbonyl (C=O) groups is 1. The molecule has 0 saturated carbocycles. The number of aliphatic carboxylic acids is 1. The largest absolute Gasteiger partial charge is 0.481 e. The number of aryl methyl sites for hydroxylation is 1. The zero-order valence-corrected chi connectivity index (χ0v) is 9.21. The van der Waals surface area contributed by atoms with E-state index in [-0.39, 0.29) is 6.42 Å². The number of rotatable bonds is 4. The number of nitrogens with zero attached hydrogens (tertiary/aromatic N) is 1. The maximum absolute atomic E-state index is 10.6. The first kappa shape index (κ1) is 11.2. The second-order valence-corrected chi connectivity index (χ2v) is 3.57. The molecular formula is C12H11NO4. The summed E-state index contributed by atoms with van der Waals surface area (Å²) in [4.78, 5) is 10.6. The minimum Gasteiger partial charge on any atom is -0.481 e. The fourth-order valence-corrected chi connectivity index (χ4v) is 1.41. The maximum atomic E-state index is 10.6. The summed E-state index contributed by atoms with van der Waals surface area (Å²) >= 11 is 0. The van der Waals surface area contributed by atoms with Crippen LogP contribution in [0.25, 0.3) is 0 Å². The van der Waals surface area contributed by atoms with Gasteiger partial charge in [0.2, 0.25) is 0 Å². The van der Waals surface area contributed by atoms with Gasteiger partial charge in [-0.05, 0) is 17.7 Å². The van der Waals surface area contributed by atoms with Crippen molar-refractivity contribution in [3.63, 3.8) is 0 Å². The molecule has 1 aromatic heterocycles. The lowest BCUT2D eigenvalue weighted by Crippen LogP contribution is -1.99. The lowest BCUT2D eigenvalue weighted by atomic mass is 10.1. The molecule has 88 valence electrons. The fraction of sp³-hybridized carbons (Fsp3) is 0.167. The summed E-state index contributed by atoms with van der Waals surface area (Å²) in [6, 6.07) is 6.91. The highest BCUT2D eigenvalue weighted by Crippen LogP contribution is 2.25. The van der Waals surface area contributed by atoms with Gasteiger partial charge in [-0.3, -0.25) is 4.79 Å². The Morgan fingerprint density at radius 3 is 3.00 bits per heavy atom. The van der Waals surface area contributed by atoms with Crippen molar-refractivity contribution in [3.05, 3.63) is 41.8 Å². The van der Waals surface area contributed by atoms with E-state index in [0.29, 0.717) is 22.8 Å². The van der Waals surface area contributed by atoms with Crippen molar-refractivity contribution >= 4 is 5.97 Å². The highest BCUT2D eigenvalue weighted by Gasteiger charge is 2.07. The van der Waals surface area contributed by atoms with Gasteiger partial charge in [-0.25, -0.2) is 0 Å². The smallest absolute Gasteiger partial charge is 0.307 e. The molecule has 0 spiro atoms. The summed E-state index contributed by atoms with van der Waals surface area (Å²) in [6.45, 7) is 1.74. The molecule has 0 amide bonds. The second-order valence-electron chi connectivity index (χ2n) is 3.57. The molecule has 0 unspecified atom stereocenters. The molecule has 0 aliphatic rings. The van der Waals surface area contributed by atoms with Crippen LogP contribution in [-0.4, -0.2) is 16.2 Å². The van der Waals surface area contributed by atoms with Gasteiger partial charge in [-0.15, -0.1) is 0 Å². The lowest BCUT2D eigenvalue weighted by molar-refractivity contribution is -0.136. The van der Waals surface area contributed by atoms with Crippen LogP contribution in [0.3, 0.4) is 0 Å². The lowest BCUT2D eigenvalue weighted by Gasteiger charge is -2.04. The molecule has 1 N–H and O–H groups in total. The van der Waals surface area contributed by atoms with E-state index in [1.807, 2.05) is 0 Å². The minimum absolute atomic E-state index is 0.0280. The molecule has 2 rings (SSSR count). The Kier molecular flexibility index (Phi) is 3.09. The molecule has 0 fully saturated rings. The van der Waals surface area contributed by atoms with Crippen LogP contribution in [0, 0.1) is 6.92 Å². The third-order valence-electron chi connectivity index (χ3n) is 2.19. The van der Waals surface area contributed by atoms with Gasteiger partial charge in [0.25, 0.3) is 0 Å². The predicted molar refractivity (Wildman–Crippen MR) is 59.1 cm³/mol. The third-order valence-corrected chi connectivity index (χ3v) is 2.19. The monoisotopic (exact) mass is 233 g/mol. The van der Waals surface area contributed by atoms with Crippen LogP contribution >= 0.6 is 0 Å². The average Bonchev–Trinajstić information content (AvgIpc) is 2.64. The molecule has 0 aliphatic heterocycles. The van der Waals surface area contributed by atoms with Gasteiger partial charge < -0.3 is 14.4 Å². The molecule has 1 aromatic carbocycles. The van der Waals surface area contributed by atoms with Gasteiger partial charge in [-0.1, -0.05) is 17.3 Å². The summed E-state index contributed by atoms with van der Waals surface area (Å²) in [5.41, 5.74) is 0.684. The van der Waals surface area contributed by atoms with Crippen LogP contribution in [-0.2, 0) is 11.2 Å². The van der Waals surface area contributed by atoms with Crippen LogP contribution in [0.15, 0.2) is 35.0 Å². The van der Waals surface area contributed by atoms with E-state index in [9.17, 15) is 4.79 Å². The molecule has 0 saturated heterocycles. The van der Waals surface area contributed by atoms with Gasteiger partial charge >= 0.3 is 5.97 Å². The van der Waals surface area contributed by atoms with Crippen molar-refractivity contribution in [1.82, 2.24) is 5.16 Å². The molecule has 1 heterocycles. The van der Waals surface area contributed by atoms with E-state index in [4.69, 9.17) is 14.4 Å². The molecule has 5 heteroatoms. The van der Waals surface area contributed by atoms with Crippen molar-refractivity contribution in [2.75, 3.05) is 0 Å². The number of ether oxygens (including phenoxy) is 1. The van der Waals surface area contributed by atoms with Gasteiger partial charge in [0.05, 0.1) is 6.42 Å². The number of carboxylic acid groups (broad SMARTS) is 1. The fourth-order valence-electron chi connectivity index (χ4n) is 1.41. The summed E-state index contributed by atoms with van der Waals surface area (Å²) in [5.74, 6) is 0.796. The highest BCUT2D eigenvalue weighted by molar-refractivity contribution is 5.70. The zero-order valence-electron chi connectivity index (χ0n) is 9.21. The van der Waals surface area contributed by atoms with E-state index in [1.54, 1.807) is 31.2 Å². The number of hydrogen-bond acceptors (Lipinski definition) is 4. The third kappa shape index (κ3) is 2.84. The first-order valence-electron chi connectivity index (χ1n) is 5.05. The van der Waals surface area contributed by atoms with E-state index in [0.717, 1.165) is 0 Å². The second kappa shape index (κ2) is 4.69. The Balaban J connectivity index is 2.16. The number of aromatic nitrogens is 1. The summed E-state index contributed by atoms with van der Waals surface area (Å²) in [6.07, 6.45) is 1.44. The number of benzene rings is 1. The topological polar surface area (TPSA) is 72.6 Å². The summed E-state index contributed by atoms with van der Waals surface area (Å²) in [5, 5.41) is 12.3. The van der Waals surface area contributed by atoms with E-state index in [2.05, 4.69) is 5.16 Å². The Morgan fingerprint density at radius 2 is 2.35 bits per heavy atom. The first-order valence-corrected chi connectivity index (χ1v) is 5.05. The highest BCUT2D eigenvalue weighted by atomic mass is 16.5. The molecule has 0 atom stereocenters. The van der Waals surface area contributed by atoms with Crippen LogP contribution in [0.1, 0.15) is 11.3 Å². The maximum Gasteiger partial charge on any atom is 0.307 e. The normalized spacial score (nSPS) is 10.2. The van der Waals surface area contributed by atoms with E-state index in [1.165, 1.54) is 6.20 Å².